The molecule has 0 fully saturated rings. The predicted octanol–water partition coefficient (Wildman–Crippen LogP) is 1.21. The molecule has 0 radical (unpaired) electrons. The summed E-state index contributed by atoms with van der Waals surface area (Å²) in [5.41, 5.74) is 1.51. The number of nitro groups is 1. The zero-order valence-electron chi connectivity index (χ0n) is 11.1. The molecule has 0 aromatic carbocycles. The number of carbonyl (C=O) groups is 1. The lowest BCUT2D eigenvalue weighted by atomic mass is 9.88. The van der Waals surface area contributed by atoms with Gasteiger partial charge in [0.05, 0.1) is 12.3 Å². The molecule has 2 aliphatic rings. The summed E-state index contributed by atoms with van der Waals surface area (Å²) in [6, 6.07) is -1.50. The monoisotopic (exact) mass is 280 g/mol. The molecule has 108 valence electrons. The second kappa shape index (κ2) is 5.77. The van der Waals surface area contributed by atoms with Gasteiger partial charge in [0.2, 0.25) is 0 Å². The Morgan fingerprint density at radius 2 is 2.40 bits per heavy atom. The summed E-state index contributed by atoms with van der Waals surface area (Å²) in [7, 11) is 0. The van der Waals surface area contributed by atoms with Gasteiger partial charge < -0.3 is 15.2 Å². The molecule has 0 aromatic heterocycles. The van der Waals surface area contributed by atoms with Gasteiger partial charge in [0, 0.05) is 17.0 Å². The summed E-state index contributed by atoms with van der Waals surface area (Å²) in [4.78, 5) is 22.4. The third kappa shape index (κ3) is 2.52. The minimum absolute atomic E-state index is 0.0365. The van der Waals surface area contributed by atoms with Gasteiger partial charge in [0.15, 0.2) is 0 Å². The fraction of sp³-hybridized carbons (Fsp3) is 0.462. The van der Waals surface area contributed by atoms with E-state index in [2.05, 4.69) is 5.32 Å². The molecule has 7 nitrogen and oxygen atoms in total. The lowest BCUT2D eigenvalue weighted by Gasteiger charge is -2.27. The highest BCUT2D eigenvalue weighted by Crippen LogP contribution is 2.31. The normalized spacial score (nSPS) is 19.2. The summed E-state index contributed by atoms with van der Waals surface area (Å²) in [6.45, 7) is 2.14. The van der Waals surface area contributed by atoms with Crippen LogP contribution in [0.3, 0.4) is 0 Å². The number of nitrogens with zero attached hydrogens (tertiary/aromatic N) is 1. The van der Waals surface area contributed by atoms with Crippen LogP contribution in [0, 0.1) is 10.1 Å². The Morgan fingerprint density at radius 1 is 1.65 bits per heavy atom. The zero-order chi connectivity index (χ0) is 14.7. The number of esters is 1. The van der Waals surface area contributed by atoms with Crippen molar-refractivity contribution in [3.05, 3.63) is 44.9 Å². The van der Waals surface area contributed by atoms with Crippen LogP contribution in [0.4, 0.5) is 0 Å². The average molecular weight is 280 g/mol. The molecule has 0 bridgehead atoms. The lowest BCUT2D eigenvalue weighted by molar-refractivity contribution is -0.501. The number of hydrogen-bond acceptors (Lipinski definition) is 6. The van der Waals surface area contributed by atoms with Crippen molar-refractivity contribution < 1.29 is 19.6 Å². The molecule has 0 aromatic rings. The summed E-state index contributed by atoms with van der Waals surface area (Å²) in [5.74, 6) is -0.815. The van der Waals surface area contributed by atoms with Gasteiger partial charge in [0.1, 0.15) is 5.76 Å². The Bertz CT molecular complexity index is 533. The minimum Gasteiger partial charge on any atom is -0.506 e. The quantitative estimate of drug-likeness (QED) is 0.456. The predicted molar refractivity (Wildman–Crippen MR) is 70.5 cm³/mol. The van der Waals surface area contributed by atoms with E-state index in [0.29, 0.717) is 36.2 Å². The summed E-state index contributed by atoms with van der Waals surface area (Å²) < 4.78 is 4.79. The smallest absolute Gasteiger partial charge is 0.386 e. The molecule has 1 aliphatic carbocycles. The molecule has 2 N–H and O–H groups in total. The topological polar surface area (TPSA) is 102 Å². The fourth-order valence-corrected chi connectivity index (χ4v) is 2.47. The number of nitrogens with one attached hydrogen (secondary N) is 1. The molecule has 20 heavy (non-hydrogen) atoms. The molecule has 0 saturated heterocycles. The molecule has 0 spiro atoms. The van der Waals surface area contributed by atoms with E-state index in [0.717, 1.165) is 0 Å². The van der Waals surface area contributed by atoms with Gasteiger partial charge in [-0.3, -0.25) is 10.1 Å². The van der Waals surface area contributed by atoms with E-state index in [1.807, 2.05) is 0 Å². The second-order valence-corrected chi connectivity index (χ2v) is 4.49. The van der Waals surface area contributed by atoms with E-state index < -0.39 is 16.9 Å². The molecule has 2 rings (SSSR count). The average Bonchev–Trinajstić information content (AvgIpc) is 2.40. The zero-order valence-corrected chi connectivity index (χ0v) is 11.1. The van der Waals surface area contributed by atoms with Crippen LogP contribution in [0.15, 0.2) is 34.8 Å². The molecular formula is C13H16N2O5. The number of ether oxygens (including phenoxy) is 1. The molecule has 7 heteroatoms. The Balaban J connectivity index is 2.45. The highest BCUT2D eigenvalue weighted by molar-refractivity contribution is 5.79. The SMILES string of the molecule is CCOC(=O)C(C1=C2CC=CC(O)=C2NCC1)[N+](=O)[O-]. The number of fused-ring (bicyclic) bond motifs is 1. The van der Waals surface area contributed by atoms with Crippen molar-refractivity contribution in [2.75, 3.05) is 13.2 Å². The van der Waals surface area contributed by atoms with Gasteiger partial charge in [-0.1, -0.05) is 6.08 Å². The Morgan fingerprint density at radius 3 is 3.05 bits per heavy atom. The standard InChI is InChI=1S/C13H16N2O5/c1-2-20-13(17)12(15(18)19)9-6-7-14-11-8(9)4-3-5-10(11)16/h3,5,12,14,16H,2,4,6-7H2,1H3. The van der Waals surface area contributed by atoms with Crippen LogP contribution in [0.2, 0.25) is 0 Å². The highest BCUT2D eigenvalue weighted by Gasteiger charge is 2.39. The summed E-state index contributed by atoms with van der Waals surface area (Å²) in [5, 5.41) is 24.0. The van der Waals surface area contributed by atoms with Crippen molar-refractivity contribution in [1.29, 1.82) is 0 Å². The van der Waals surface area contributed by atoms with Crippen LogP contribution in [-0.4, -0.2) is 35.2 Å². The van der Waals surface area contributed by atoms with Crippen LogP contribution in [0.5, 0.6) is 0 Å². The number of aliphatic hydroxyl groups excluding tert-OH is 1. The summed E-state index contributed by atoms with van der Waals surface area (Å²) in [6.07, 6.45) is 4.08. The van der Waals surface area contributed by atoms with Crippen molar-refractivity contribution in [2.45, 2.75) is 25.8 Å². The van der Waals surface area contributed by atoms with E-state index in [-0.39, 0.29) is 12.4 Å². The number of rotatable bonds is 4. The molecule has 1 aliphatic heterocycles. The van der Waals surface area contributed by atoms with Crippen LogP contribution in [0.1, 0.15) is 19.8 Å². The lowest BCUT2D eigenvalue weighted by Crippen LogP contribution is -2.38. The molecule has 0 saturated carbocycles. The number of aliphatic hydroxyl groups is 1. The Kier molecular flexibility index (Phi) is 4.07. The maximum absolute atomic E-state index is 11.8. The number of hydrogen-bond donors (Lipinski definition) is 2. The summed E-state index contributed by atoms with van der Waals surface area (Å²) >= 11 is 0. The van der Waals surface area contributed by atoms with Crippen molar-refractivity contribution in [3.63, 3.8) is 0 Å². The molecule has 1 atom stereocenters. The third-order valence-electron chi connectivity index (χ3n) is 3.29. The fourth-order valence-electron chi connectivity index (χ4n) is 2.47. The minimum atomic E-state index is -1.50. The first-order chi connectivity index (χ1) is 9.56. The Hall–Kier alpha value is -2.31. The van der Waals surface area contributed by atoms with Crippen molar-refractivity contribution in [1.82, 2.24) is 5.32 Å². The van der Waals surface area contributed by atoms with E-state index in [1.54, 1.807) is 19.1 Å². The van der Waals surface area contributed by atoms with Crippen LogP contribution >= 0.6 is 0 Å². The molecule has 1 heterocycles. The van der Waals surface area contributed by atoms with Crippen LogP contribution < -0.4 is 5.32 Å². The van der Waals surface area contributed by atoms with Gasteiger partial charge in [0.25, 0.3) is 0 Å². The van der Waals surface area contributed by atoms with E-state index in [4.69, 9.17) is 4.74 Å². The molecule has 0 amide bonds. The van der Waals surface area contributed by atoms with Gasteiger partial charge >= 0.3 is 12.0 Å². The van der Waals surface area contributed by atoms with Crippen molar-refractivity contribution in [3.8, 4) is 0 Å². The van der Waals surface area contributed by atoms with Crippen LogP contribution in [0.25, 0.3) is 0 Å². The van der Waals surface area contributed by atoms with Gasteiger partial charge in [-0.05, 0) is 31.4 Å². The molecular weight excluding hydrogens is 264 g/mol. The maximum Gasteiger partial charge on any atom is 0.386 e. The van der Waals surface area contributed by atoms with Gasteiger partial charge in [-0.25, -0.2) is 4.79 Å². The first-order valence-electron chi connectivity index (χ1n) is 6.42. The van der Waals surface area contributed by atoms with Gasteiger partial charge in [-0.2, -0.15) is 0 Å². The van der Waals surface area contributed by atoms with Gasteiger partial charge in [-0.15, -0.1) is 0 Å². The van der Waals surface area contributed by atoms with E-state index in [1.165, 1.54) is 0 Å². The Labute approximate surface area is 115 Å². The highest BCUT2D eigenvalue weighted by atomic mass is 16.6. The number of allylic oxidation sites excluding steroid dienone is 3. The molecule has 1 unspecified atom stereocenters. The second-order valence-electron chi connectivity index (χ2n) is 4.49. The van der Waals surface area contributed by atoms with Crippen LogP contribution in [-0.2, 0) is 9.53 Å². The number of carbonyl (C=O) groups excluding carboxylic acids is 1. The van der Waals surface area contributed by atoms with E-state index >= 15 is 0 Å². The first-order valence-corrected chi connectivity index (χ1v) is 6.42. The third-order valence-corrected chi connectivity index (χ3v) is 3.29. The first kappa shape index (κ1) is 14.1. The largest absolute Gasteiger partial charge is 0.506 e. The van der Waals surface area contributed by atoms with Crippen molar-refractivity contribution in [2.24, 2.45) is 0 Å². The van der Waals surface area contributed by atoms with E-state index in [9.17, 15) is 20.0 Å². The maximum atomic E-state index is 11.8. The van der Waals surface area contributed by atoms with Crippen molar-refractivity contribution >= 4 is 5.97 Å².